The first-order valence-corrected chi connectivity index (χ1v) is 20.4. The van der Waals surface area contributed by atoms with Crippen molar-refractivity contribution in [2.45, 2.75) is 104 Å². The number of amides is 5. The molecule has 0 spiro atoms. The van der Waals surface area contributed by atoms with Gasteiger partial charge >= 0.3 is 12.1 Å². The third-order valence-electron chi connectivity index (χ3n) is 10.9. The smallest absolute Gasteiger partial charge is 0.405 e. The molecule has 6 atom stereocenters. The largest absolute Gasteiger partial charge is 0.465 e. The van der Waals surface area contributed by atoms with Gasteiger partial charge in [0, 0.05) is 36.6 Å². The van der Waals surface area contributed by atoms with E-state index in [0.717, 1.165) is 33.8 Å². The fourth-order valence-corrected chi connectivity index (χ4v) is 7.69. The highest BCUT2D eigenvalue weighted by Gasteiger charge is 2.44. The summed E-state index contributed by atoms with van der Waals surface area (Å²) in [6.45, 7) is 12.5. The third kappa shape index (κ3) is 12.3. The average molecular weight is 806 g/mol. The molecule has 5 rings (SSSR count). The third-order valence-corrected chi connectivity index (χ3v) is 10.9. The lowest BCUT2D eigenvalue weighted by Gasteiger charge is -2.38. The zero-order valence-electron chi connectivity index (χ0n) is 35.0. The van der Waals surface area contributed by atoms with E-state index in [1.165, 1.54) is 0 Å². The zero-order valence-corrected chi connectivity index (χ0v) is 35.0. The average Bonchev–Trinajstić information content (AvgIpc) is 3.54. The van der Waals surface area contributed by atoms with E-state index in [1.54, 1.807) is 22.9 Å². The predicted octanol–water partition coefficient (Wildman–Crippen LogP) is 5.99. The van der Waals surface area contributed by atoms with Crippen molar-refractivity contribution < 1.29 is 29.4 Å². The summed E-state index contributed by atoms with van der Waals surface area (Å²) in [5.41, 5.74) is 4.45. The lowest BCUT2D eigenvalue weighted by molar-refractivity contribution is -0.130. The second-order valence-electron chi connectivity index (χ2n) is 16.7. The second-order valence-corrected chi connectivity index (χ2v) is 16.7. The second kappa shape index (κ2) is 20.2. The summed E-state index contributed by atoms with van der Waals surface area (Å²) in [7, 11) is 0. The van der Waals surface area contributed by atoms with Crippen LogP contribution in [0.5, 0.6) is 0 Å². The van der Waals surface area contributed by atoms with Crippen LogP contribution in [0.1, 0.15) is 70.0 Å². The molecule has 2 aromatic heterocycles. The molecule has 5 N–H and O–H groups in total. The van der Waals surface area contributed by atoms with Crippen LogP contribution in [0.15, 0.2) is 97.2 Å². The Labute approximate surface area is 347 Å². The summed E-state index contributed by atoms with van der Waals surface area (Å²) in [6.07, 6.45) is 0.441. The van der Waals surface area contributed by atoms with E-state index in [4.69, 9.17) is 0 Å². The van der Waals surface area contributed by atoms with Crippen molar-refractivity contribution in [2.75, 3.05) is 13.1 Å². The van der Waals surface area contributed by atoms with Gasteiger partial charge in [-0.25, -0.2) is 9.59 Å². The summed E-state index contributed by atoms with van der Waals surface area (Å²) in [5, 5.41) is 30.3. The van der Waals surface area contributed by atoms with Gasteiger partial charge in [-0.05, 0) is 72.9 Å². The molecule has 59 heavy (non-hydrogen) atoms. The molecule has 2 aromatic carbocycles. The Kier molecular flexibility index (Phi) is 15.2. The molecule has 0 saturated carbocycles. The highest BCUT2D eigenvalue weighted by atomic mass is 16.4. The Balaban J connectivity index is 1.41. The number of nitrogens with one attached hydrogen (secondary N) is 3. The highest BCUT2D eigenvalue weighted by molar-refractivity contribution is 5.89. The van der Waals surface area contributed by atoms with Gasteiger partial charge in [0.15, 0.2) is 0 Å². The Bertz CT molecular complexity index is 2010. The molecule has 6 unspecified atom stereocenters. The molecule has 13 heteroatoms. The molecule has 4 aromatic rings. The number of hydrogen-bond donors (Lipinski definition) is 5. The summed E-state index contributed by atoms with van der Waals surface area (Å²) in [6, 6.07) is 25.1. The van der Waals surface area contributed by atoms with E-state index >= 15 is 0 Å². The number of nitrogens with zero attached hydrogens (tertiary/aromatic N) is 4. The summed E-state index contributed by atoms with van der Waals surface area (Å²) < 4.78 is 0. The molecule has 1 aliphatic rings. The van der Waals surface area contributed by atoms with Crippen LogP contribution in [0.25, 0.3) is 11.3 Å². The number of carbonyl (C=O) groups excluding carboxylic acids is 3. The van der Waals surface area contributed by atoms with Gasteiger partial charge < -0.3 is 36.0 Å². The normalized spacial score (nSPS) is 16.1. The molecular formula is C46H59N7O6. The van der Waals surface area contributed by atoms with Crippen molar-refractivity contribution in [2.24, 2.45) is 11.3 Å². The van der Waals surface area contributed by atoms with E-state index in [9.17, 15) is 29.4 Å². The molecule has 0 aliphatic carbocycles. The molecule has 314 valence electrons. The van der Waals surface area contributed by atoms with Crippen LogP contribution in [0.2, 0.25) is 0 Å². The quantitative estimate of drug-likeness (QED) is 0.0815. The summed E-state index contributed by atoms with van der Waals surface area (Å²) >= 11 is 0. The fourth-order valence-electron chi connectivity index (χ4n) is 7.69. The maximum absolute atomic E-state index is 14.6. The van der Waals surface area contributed by atoms with Crippen LogP contribution >= 0.6 is 0 Å². The van der Waals surface area contributed by atoms with Crippen molar-refractivity contribution >= 4 is 23.9 Å². The Morgan fingerprint density at radius 2 is 1.53 bits per heavy atom. The number of carbonyl (C=O) groups is 4. The number of benzene rings is 2. The van der Waals surface area contributed by atoms with E-state index in [0.29, 0.717) is 32.5 Å². The Morgan fingerprint density at radius 1 is 0.831 bits per heavy atom. The van der Waals surface area contributed by atoms with Crippen molar-refractivity contribution in [1.82, 2.24) is 35.7 Å². The minimum absolute atomic E-state index is 0.0336. The maximum atomic E-state index is 14.6. The van der Waals surface area contributed by atoms with Gasteiger partial charge in [0.25, 0.3) is 0 Å². The van der Waals surface area contributed by atoms with Gasteiger partial charge in [-0.15, -0.1) is 0 Å². The molecular weight excluding hydrogens is 747 g/mol. The predicted molar refractivity (Wildman–Crippen MR) is 227 cm³/mol. The van der Waals surface area contributed by atoms with Crippen LogP contribution in [0.3, 0.4) is 0 Å². The van der Waals surface area contributed by atoms with Crippen LogP contribution < -0.4 is 16.0 Å². The standard InChI is InChI=1S/C46H59N7O6/c1-7-30(2)40(51-44(57)58)42(55)49-36(26-33-19-21-34(22-20-33)37-18-11-12-23-47-37)28-39(54)38(27-32-15-9-8-10-16-32)50-43(56)41(46(4,5)6)53-25-24-52(45(53)59)29-35-17-13-14-31(3)48-35/h8-23,30,36,38-41,51,54H,7,24-29H2,1-6H3,(H,49,55)(H,50,56)(H,57,58). The molecule has 13 nitrogen and oxygen atoms in total. The lowest BCUT2D eigenvalue weighted by atomic mass is 9.84. The first-order valence-electron chi connectivity index (χ1n) is 20.4. The fraction of sp³-hybridized carbons (Fsp3) is 0.435. The summed E-state index contributed by atoms with van der Waals surface area (Å²) in [5.74, 6) is -1.20. The van der Waals surface area contributed by atoms with Crippen molar-refractivity contribution in [3.63, 3.8) is 0 Å². The van der Waals surface area contributed by atoms with Gasteiger partial charge in [-0.2, -0.15) is 0 Å². The number of hydrogen-bond acceptors (Lipinski definition) is 7. The van der Waals surface area contributed by atoms with Gasteiger partial charge in [0.05, 0.1) is 30.1 Å². The topological polar surface area (TPSA) is 177 Å². The zero-order chi connectivity index (χ0) is 42.7. The van der Waals surface area contributed by atoms with E-state index < -0.39 is 53.6 Å². The number of urea groups is 1. The van der Waals surface area contributed by atoms with Crippen molar-refractivity contribution in [3.8, 4) is 11.3 Å². The molecule has 1 fully saturated rings. The van der Waals surface area contributed by atoms with Crippen LogP contribution in [-0.4, -0.2) is 97.3 Å². The SMILES string of the molecule is CCC(C)C(NC(=O)O)C(=O)NC(Cc1ccc(-c2ccccn2)cc1)CC(O)C(Cc1ccccc1)NC(=O)C(N1CCN(Cc2cccc(C)n2)C1=O)C(C)(C)C. The van der Waals surface area contributed by atoms with Crippen LogP contribution in [-0.2, 0) is 29.0 Å². The molecule has 1 aliphatic heterocycles. The highest BCUT2D eigenvalue weighted by Crippen LogP contribution is 2.29. The number of aliphatic hydroxyl groups excluding tert-OH is 1. The Hall–Kier alpha value is -5.82. The van der Waals surface area contributed by atoms with Crippen LogP contribution in [0.4, 0.5) is 9.59 Å². The monoisotopic (exact) mass is 805 g/mol. The lowest BCUT2D eigenvalue weighted by Crippen LogP contribution is -2.59. The molecule has 5 amide bonds. The molecule has 1 saturated heterocycles. The number of rotatable bonds is 18. The van der Waals surface area contributed by atoms with E-state index in [1.807, 2.05) is 126 Å². The molecule has 0 radical (unpaired) electrons. The maximum Gasteiger partial charge on any atom is 0.405 e. The van der Waals surface area contributed by atoms with Gasteiger partial charge in [0.2, 0.25) is 11.8 Å². The number of pyridine rings is 2. The number of aryl methyl sites for hydroxylation is 1. The van der Waals surface area contributed by atoms with Gasteiger partial charge in [-0.3, -0.25) is 19.6 Å². The van der Waals surface area contributed by atoms with Crippen LogP contribution in [0, 0.1) is 18.3 Å². The van der Waals surface area contributed by atoms with Gasteiger partial charge in [0.1, 0.15) is 12.1 Å². The summed E-state index contributed by atoms with van der Waals surface area (Å²) in [4.78, 5) is 66.4. The van der Waals surface area contributed by atoms with Crippen molar-refractivity contribution in [3.05, 3.63) is 120 Å². The number of carboxylic acid groups (broad SMARTS) is 1. The molecule has 0 bridgehead atoms. The first-order chi connectivity index (χ1) is 28.1. The van der Waals surface area contributed by atoms with E-state index in [2.05, 4.69) is 25.9 Å². The number of aliphatic hydroxyl groups is 1. The van der Waals surface area contributed by atoms with Crippen molar-refractivity contribution in [1.29, 1.82) is 0 Å². The number of aromatic nitrogens is 2. The molecule has 3 heterocycles. The first kappa shape index (κ1) is 44.3. The minimum atomic E-state index is -1.31. The Morgan fingerprint density at radius 3 is 2.15 bits per heavy atom. The van der Waals surface area contributed by atoms with Gasteiger partial charge in [-0.1, -0.05) is 108 Å². The minimum Gasteiger partial charge on any atom is -0.465 e. The van der Waals surface area contributed by atoms with E-state index in [-0.39, 0.29) is 24.8 Å².